The standard InChI is InChI=1S/C20H23F2NO4/c1-13-4-6-16(10-14(13)2)26-12-19(24)23-9-8-15-5-7-17(27-20(21)22)18(11-15)25-3/h4-7,10-11,20H,8-9,12H2,1-3H3,(H,23,24). The van der Waals surface area contributed by atoms with Crippen LogP contribution in [-0.2, 0) is 11.2 Å². The highest BCUT2D eigenvalue weighted by atomic mass is 19.3. The first kappa shape index (κ1) is 20.5. The van der Waals surface area contributed by atoms with Gasteiger partial charge in [-0.1, -0.05) is 12.1 Å². The van der Waals surface area contributed by atoms with Crippen molar-refractivity contribution in [2.45, 2.75) is 26.9 Å². The van der Waals surface area contributed by atoms with E-state index in [9.17, 15) is 13.6 Å². The van der Waals surface area contributed by atoms with Crippen LogP contribution in [0.5, 0.6) is 17.2 Å². The molecular weight excluding hydrogens is 356 g/mol. The number of amides is 1. The Labute approximate surface area is 157 Å². The van der Waals surface area contributed by atoms with Gasteiger partial charge in [-0.3, -0.25) is 4.79 Å². The highest BCUT2D eigenvalue weighted by Crippen LogP contribution is 2.29. The van der Waals surface area contributed by atoms with Gasteiger partial charge in [-0.25, -0.2) is 0 Å². The summed E-state index contributed by atoms with van der Waals surface area (Å²) in [6, 6.07) is 10.3. The second kappa shape index (κ2) is 9.75. The van der Waals surface area contributed by atoms with Crippen molar-refractivity contribution in [3.8, 4) is 17.2 Å². The van der Waals surface area contributed by atoms with E-state index in [1.807, 2.05) is 32.0 Å². The molecule has 27 heavy (non-hydrogen) atoms. The van der Waals surface area contributed by atoms with Crippen molar-refractivity contribution in [2.75, 3.05) is 20.3 Å². The molecule has 146 valence electrons. The smallest absolute Gasteiger partial charge is 0.387 e. The molecule has 2 aromatic rings. The molecule has 0 heterocycles. The Morgan fingerprint density at radius 2 is 1.85 bits per heavy atom. The van der Waals surface area contributed by atoms with Gasteiger partial charge in [0.05, 0.1) is 7.11 Å². The number of methoxy groups -OCH3 is 1. The molecular formula is C20H23F2NO4. The third-order valence-corrected chi connectivity index (χ3v) is 4.03. The minimum Gasteiger partial charge on any atom is -0.493 e. The van der Waals surface area contributed by atoms with Crippen LogP contribution in [-0.4, -0.2) is 32.8 Å². The van der Waals surface area contributed by atoms with Gasteiger partial charge in [0.2, 0.25) is 0 Å². The molecule has 0 aromatic heterocycles. The summed E-state index contributed by atoms with van der Waals surface area (Å²) < 4.78 is 39.6. The van der Waals surface area contributed by atoms with Gasteiger partial charge in [-0.05, 0) is 61.2 Å². The van der Waals surface area contributed by atoms with Gasteiger partial charge in [0.25, 0.3) is 5.91 Å². The van der Waals surface area contributed by atoms with E-state index < -0.39 is 6.61 Å². The van der Waals surface area contributed by atoms with Crippen LogP contribution in [0, 0.1) is 13.8 Å². The first-order valence-electron chi connectivity index (χ1n) is 8.47. The largest absolute Gasteiger partial charge is 0.493 e. The Bertz CT molecular complexity index is 781. The van der Waals surface area contributed by atoms with E-state index in [4.69, 9.17) is 9.47 Å². The molecule has 7 heteroatoms. The normalized spacial score (nSPS) is 10.6. The highest BCUT2D eigenvalue weighted by Gasteiger charge is 2.11. The van der Waals surface area contributed by atoms with Crippen LogP contribution in [0.4, 0.5) is 8.78 Å². The molecule has 1 amide bonds. The average molecular weight is 379 g/mol. The lowest BCUT2D eigenvalue weighted by atomic mass is 10.1. The number of carbonyl (C=O) groups is 1. The van der Waals surface area contributed by atoms with Crippen LogP contribution in [0.1, 0.15) is 16.7 Å². The maximum Gasteiger partial charge on any atom is 0.387 e. The third kappa shape index (κ3) is 6.44. The minimum absolute atomic E-state index is 0.0259. The summed E-state index contributed by atoms with van der Waals surface area (Å²) >= 11 is 0. The molecule has 0 aliphatic carbocycles. The molecule has 0 bridgehead atoms. The predicted octanol–water partition coefficient (Wildman–Crippen LogP) is 3.65. The molecule has 1 N–H and O–H groups in total. The van der Waals surface area contributed by atoms with Crippen molar-refractivity contribution in [3.05, 3.63) is 53.1 Å². The molecule has 0 unspecified atom stereocenters. The molecule has 0 aliphatic heterocycles. The zero-order chi connectivity index (χ0) is 19.8. The quantitative estimate of drug-likeness (QED) is 0.723. The summed E-state index contributed by atoms with van der Waals surface area (Å²) in [4.78, 5) is 11.9. The number of halogens is 2. The second-order valence-electron chi connectivity index (χ2n) is 6.00. The van der Waals surface area contributed by atoms with Crippen LogP contribution < -0.4 is 19.5 Å². The lowest BCUT2D eigenvalue weighted by molar-refractivity contribution is -0.123. The number of carbonyl (C=O) groups excluding carboxylic acids is 1. The fourth-order valence-corrected chi connectivity index (χ4v) is 2.41. The first-order chi connectivity index (χ1) is 12.9. The number of benzene rings is 2. The van der Waals surface area contributed by atoms with Crippen molar-refractivity contribution in [2.24, 2.45) is 0 Å². The summed E-state index contributed by atoms with van der Waals surface area (Å²) in [7, 11) is 1.38. The van der Waals surface area contributed by atoms with Gasteiger partial charge in [0.1, 0.15) is 5.75 Å². The molecule has 0 radical (unpaired) electrons. The minimum atomic E-state index is -2.92. The summed E-state index contributed by atoms with van der Waals surface area (Å²) in [6.45, 7) is 1.38. The van der Waals surface area contributed by atoms with E-state index >= 15 is 0 Å². The fourth-order valence-electron chi connectivity index (χ4n) is 2.41. The lowest BCUT2D eigenvalue weighted by Gasteiger charge is -2.12. The maximum absolute atomic E-state index is 12.3. The number of rotatable bonds is 9. The van der Waals surface area contributed by atoms with Gasteiger partial charge in [0, 0.05) is 6.54 Å². The van der Waals surface area contributed by atoms with Crippen LogP contribution in [0.15, 0.2) is 36.4 Å². The fraction of sp³-hybridized carbons (Fsp3) is 0.350. The number of alkyl halides is 2. The van der Waals surface area contributed by atoms with Crippen molar-refractivity contribution in [1.29, 1.82) is 0 Å². The Balaban J connectivity index is 1.79. The molecule has 2 rings (SSSR count). The molecule has 0 saturated carbocycles. The van der Waals surface area contributed by atoms with Crippen molar-refractivity contribution >= 4 is 5.91 Å². The number of ether oxygens (including phenoxy) is 3. The molecule has 5 nitrogen and oxygen atoms in total. The molecule has 0 atom stereocenters. The summed E-state index contributed by atoms with van der Waals surface area (Å²) in [5, 5.41) is 2.76. The molecule has 2 aromatic carbocycles. The van der Waals surface area contributed by atoms with Gasteiger partial charge in [0.15, 0.2) is 18.1 Å². The summed E-state index contributed by atoms with van der Waals surface area (Å²) in [6.07, 6.45) is 0.515. The number of aryl methyl sites for hydroxylation is 2. The SMILES string of the molecule is COc1cc(CCNC(=O)COc2ccc(C)c(C)c2)ccc1OC(F)F. The Morgan fingerprint density at radius 1 is 1.07 bits per heavy atom. The number of hydrogen-bond acceptors (Lipinski definition) is 4. The Hall–Kier alpha value is -2.83. The van der Waals surface area contributed by atoms with E-state index in [-0.39, 0.29) is 24.0 Å². The van der Waals surface area contributed by atoms with Gasteiger partial charge in [-0.15, -0.1) is 0 Å². The highest BCUT2D eigenvalue weighted by molar-refractivity contribution is 5.77. The summed E-state index contributed by atoms with van der Waals surface area (Å²) in [5.41, 5.74) is 3.08. The molecule has 0 saturated heterocycles. The third-order valence-electron chi connectivity index (χ3n) is 4.03. The zero-order valence-corrected chi connectivity index (χ0v) is 15.6. The van der Waals surface area contributed by atoms with Crippen LogP contribution in [0.2, 0.25) is 0 Å². The van der Waals surface area contributed by atoms with E-state index in [0.29, 0.717) is 18.7 Å². The van der Waals surface area contributed by atoms with Crippen molar-refractivity contribution < 1.29 is 27.8 Å². The van der Waals surface area contributed by atoms with Crippen LogP contribution in [0.3, 0.4) is 0 Å². The molecule has 0 spiro atoms. The zero-order valence-electron chi connectivity index (χ0n) is 15.6. The van der Waals surface area contributed by atoms with E-state index in [1.54, 1.807) is 12.1 Å². The number of nitrogens with one attached hydrogen (secondary N) is 1. The maximum atomic E-state index is 12.3. The topological polar surface area (TPSA) is 56.8 Å². The lowest BCUT2D eigenvalue weighted by Crippen LogP contribution is -2.30. The summed E-state index contributed by atoms with van der Waals surface area (Å²) in [5.74, 6) is 0.602. The van der Waals surface area contributed by atoms with Crippen LogP contribution >= 0.6 is 0 Å². The Morgan fingerprint density at radius 3 is 2.52 bits per heavy atom. The molecule has 0 aliphatic rings. The van der Waals surface area contributed by atoms with E-state index in [2.05, 4.69) is 10.1 Å². The predicted molar refractivity (Wildman–Crippen MR) is 97.8 cm³/mol. The molecule has 0 fully saturated rings. The van der Waals surface area contributed by atoms with Gasteiger partial charge >= 0.3 is 6.61 Å². The second-order valence-corrected chi connectivity index (χ2v) is 6.00. The Kier molecular flexibility index (Phi) is 7.40. The van der Waals surface area contributed by atoms with Gasteiger partial charge < -0.3 is 19.5 Å². The van der Waals surface area contributed by atoms with Crippen LogP contribution in [0.25, 0.3) is 0 Å². The monoisotopic (exact) mass is 379 g/mol. The first-order valence-corrected chi connectivity index (χ1v) is 8.47. The van der Waals surface area contributed by atoms with Gasteiger partial charge in [-0.2, -0.15) is 8.78 Å². The van der Waals surface area contributed by atoms with Crippen molar-refractivity contribution in [1.82, 2.24) is 5.32 Å². The van der Waals surface area contributed by atoms with E-state index in [0.717, 1.165) is 16.7 Å². The average Bonchev–Trinajstić information content (AvgIpc) is 2.63. The van der Waals surface area contributed by atoms with Crippen molar-refractivity contribution in [3.63, 3.8) is 0 Å². The number of hydrogen-bond donors (Lipinski definition) is 1. The van der Waals surface area contributed by atoms with E-state index in [1.165, 1.54) is 13.2 Å².